The molecule has 0 amide bonds. The lowest BCUT2D eigenvalue weighted by molar-refractivity contribution is 0.0906. The summed E-state index contributed by atoms with van der Waals surface area (Å²) in [4.78, 5) is 0. The summed E-state index contributed by atoms with van der Waals surface area (Å²) in [5, 5.41) is 3.44. The SMILES string of the molecule is CCNCC1CCOC1c1ccc2c(c1)CCO2. The van der Waals surface area contributed by atoms with Crippen molar-refractivity contribution in [2.24, 2.45) is 5.92 Å². The average molecular weight is 247 g/mol. The third kappa shape index (κ3) is 2.25. The Morgan fingerprint density at radius 1 is 1.33 bits per heavy atom. The summed E-state index contributed by atoms with van der Waals surface area (Å²) < 4.78 is 11.5. The number of ether oxygens (including phenoxy) is 2. The van der Waals surface area contributed by atoms with Crippen molar-refractivity contribution in [3.63, 3.8) is 0 Å². The zero-order valence-corrected chi connectivity index (χ0v) is 10.9. The van der Waals surface area contributed by atoms with E-state index in [1.54, 1.807) is 0 Å². The quantitative estimate of drug-likeness (QED) is 0.885. The Morgan fingerprint density at radius 3 is 3.17 bits per heavy atom. The lowest BCUT2D eigenvalue weighted by atomic mass is 9.94. The van der Waals surface area contributed by atoms with E-state index in [0.717, 1.165) is 44.9 Å². The van der Waals surface area contributed by atoms with Gasteiger partial charge in [0.2, 0.25) is 0 Å². The molecule has 1 aromatic carbocycles. The van der Waals surface area contributed by atoms with E-state index in [9.17, 15) is 0 Å². The molecule has 98 valence electrons. The van der Waals surface area contributed by atoms with Crippen molar-refractivity contribution in [3.8, 4) is 5.75 Å². The van der Waals surface area contributed by atoms with E-state index in [1.165, 1.54) is 11.1 Å². The molecule has 1 saturated heterocycles. The number of nitrogens with one attached hydrogen (secondary N) is 1. The van der Waals surface area contributed by atoms with Crippen molar-refractivity contribution < 1.29 is 9.47 Å². The van der Waals surface area contributed by atoms with Gasteiger partial charge in [-0.3, -0.25) is 0 Å². The maximum Gasteiger partial charge on any atom is 0.122 e. The van der Waals surface area contributed by atoms with Crippen molar-refractivity contribution in [1.29, 1.82) is 0 Å². The molecule has 3 rings (SSSR count). The molecule has 2 heterocycles. The van der Waals surface area contributed by atoms with Crippen molar-refractivity contribution in [2.45, 2.75) is 25.9 Å². The molecule has 1 N–H and O–H groups in total. The van der Waals surface area contributed by atoms with Crippen LogP contribution in [0.2, 0.25) is 0 Å². The van der Waals surface area contributed by atoms with E-state index >= 15 is 0 Å². The number of rotatable bonds is 4. The van der Waals surface area contributed by atoms with E-state index < -0.39 is 0 Å². The van der Waals surface area contributed by atoms with Crippen LogP contribution in [-0.4, -0.2) is 26.3 Å². The first-order chi connectivity index (χ1) is 8.88. The fourth-order valence-electron chi connectivity index (χ4n) is 2.92. The van der Waals surface area contributed by atoms with Crippen LogP contribution < -0.4 is 10.1 Å². The molecule has 1 fully saturated rings. The van der Waals surface area contributed by atoms with E-state index in [0.29, 0.717) is 5.92 Å². The predicted octanol–water partition coefficient (Wildman–Crippen LogP) is 2.31. The lowest BCUT2D eigenvalue weighted by Gasteiger charge is -2.19. The van der Waals surface area contributed by atoms with Gasteiger partial charge in [-0.05, 0) is 36.2 Å². The minimum atomic E-state index is 0.259. The van der Waals surface area contributed by atoms with Crippen molar-refractivity contribution in [1.82, 2.24) is 5.32 Å². The van der Waals surface area contributed by atoms with Crippen molar-refractivity contribution in [3.05, 3.63) is 29.3 Å². The van der Waals surface area contributed by atoms with Gasteiger partial charge >= 0.3 is 0 Å². The topological polar surface area (TPSA) is 30.5 Å². The molecule has 0 saturated carbocycles. The Labute approximate surface area is 108 Å². The van der Waals surface area contributed by atoms with Crippen LogP contribution in [0.15, 0.2) is 18.2 Å². The van der Waals surface area contributed by atoms with Crippen LogP contribution >= 0.6 is 0 Å². The van der Waals surface area contributed by atoms with E-state index in [4.69, 9.17) is 9.47 Å². The average Bonchev–Trinajstić information content (AvgIpc) is 3.03. The van der Waals surface area contributed by atoms with Gasteiger partial charge in [0.15, 0.2) is 0 Å². The summed E-state index contributed by atoms with van der Waals surface area (Å²) in [5.41, 5.74) is 2.66. The van der Waals surface area contributed by atoms with Crippen molar-refractivity contribution in [2.75, 3.05) is 26.3 Å². The molecule has 2 aliphatic heterocycles. The van der Waals surface area contributed by atoms with Gasteiger partial charge in [-0.15, -0.1) is 0 Å². The maximum atomic E-state index is 5.93. The lowest BCUT2D eigenvalue weighted by Crippen LogP contribution is -2.24. The molecule has 0 spiro atoms. The minimum Gasteiger partial charge on any atom is -0.493 e. The van der Waals surface area contributed by atoms with Crippen LogP contribution in [0.4, 0.5) is 0 Å². The maximum absolute atomic E-state index is 5.93. The minimum absolute atomic E-state index is 0.259. The zero-order valence-electron chi connectivity index (χ0n) is 10.9. The third-order valence-electron chi connectivity index (χ3n) is 3.91. The van der Waals surface area contributed by atoms with Crippen LogP contribution in [0, 0.1) is 5.92 Å². The Kier molecular flexibility index (Phi) is 3.52. The molecule has 3 heteroatoms. The molecular formula is C15H21NO2. The van der Waals surface area contributed by atoms with Gasteiger partial charge in [0.1, 0.15) is 5.75 Å². The Balaban J connectivity index is 1.76. The standard InChI is InChI=1S/C15H21NO2/c1-2-16-10-13-6-8-18-15(13)12-3-4-14-11(9-12)5-7-17-14/h3-4,9,13,15-16H,2,5-8,10H2,1H3. The van der Waals surface area contributed by atoms with Gasteiger partial charge in [0, 0.05) is 25.5 Å². The second-order valence-corrected chi connectivity index (χ2v) is 5.11. The molecule has 0 radical (unpaired) electrons. The monoisotopic (exact) mass is 247 g/mol. The second-order valence-electron chi connectivity index (χ2n) is 5.11. The normalized spacial score (nSPS) is 26.1. The highest BCUT2D eigenvalue weighted by Gasteiger charge is 2.30. The number of fused-ring (bicyclic) bond motifs is 1. The van der Waals surface area contributed by atoms with Gasteiger partial charge in [-0.25, -0.2) is 0 Å². The van der Waals surface area contributed by atoms with Gasteiger partial charge in [-0.2, -0.15) is 0 Å². The molecule has 2 atom stereocenters. The number of hydrogen-bond acceptors (Lipinski definition) is 3. The molecule has 2 aliphatic rings. The molecular weight excluding hydrogens is 226 g/mol. The largest absolute Gasteiger partial charge is 0.493 e. The van der Waals surface area contributed by atoms with Crippen LogP contribution in [0.25, 0.3) is 0 Å². The highest BCUT2D eigenvalue weighted by Crippen LogP contribution is 2.37. The van der Waals surface area contributed by atoms with Crippen molar-refractivity contribution >= 4 is 0 Å². The number of benzene rings is 1. The van der Waals surface area contributed by atoms with Crippen LogP contribution in [0.5, 0.6) is 5.75 Å². The fraction of sp³-hybridized carbons (Fsp3) is 0.600. The molecule has 0 aliphatic carbocycles. The first-order valence-corrected chi connectivity index (χ1v) is 6.96. The molecule has 0 aromatic heterocycles. The summed E-state index contributed by atoms with van der Waals surface area (Å²) in [6, 6.07) is 6.54. The molecule has 2 unspecified atom stereocenters. The summed E-state index contributed by atoms with van der Waals surface area (Å²) in [5.74, 6) is 1.66. The van der Waals surface area contributed by atoms with Gasteiger partial charge in [-0.1, -0.05) is 13.0 Å². The van der Waals surface area contributed by atoms with Crippen LogP contribution in [0.3, 0.4) is 0 Å². The van der Waals surface area contributed by atoms with Gasteiger partial charge in [0.25, 0.3) is 0 Å². The first-order valence-electron chi connectivity index (χ1n) is 6.96. The van der Waals surface area contributed by atoms with E-state index in [2.05, 4.69) is 30.4 Å². The first kappa shape index (κ1) is 12.0. The Bertz CT molecular complexity index is 419. The summed E-state index contributed by atoms with van der Waals surface area (Å²) in [6.07, 6.45) is 2.45. The Morgan fingerprint density at radius 2 is 2.28 bits per heavy atom. The molecule has 18 heavy (non-hydrogen) atoms. The predicted molar refractivity (Wildman–Crippen MR) is 71.0 cm³/mol. The second kappa shape index (κ2) is 5.29. The van der Waals surface area contributed by atoms with Gasteiger partial charge in [0.05, 0.1) is 12.7 Å². The summed E-state index contributed by atoms with van der Waals surface area (Å²) in [7, 11) is 0. The molecule has 1 aromatic rings. The Hall–Kier alpha value is -1.06. The molecule has 0 bridgehead atoms. The highest BCUT2D eigenvalue weighted by molar-refractivity contribution is 5.40. The van der Waals surface area contributed by atoms with E-state index in [1.807, 2.05) is 0 Å². The summed E-state index contributed by atoms with van der Waals surface area (Å²) in [6.45, 7) is 5.94. The fourth-order valence-corrected chi connectivity index (χ4v) is 2.92. The summed E-state index contributed by atoms with van der Waals surface area (Å²) >= 11 is 0. The van der Waals surface area contributed by atoms with Gasteiger partial charge < -0.3 is 14.8 Å². The molecule has 3 nitrogen and oxygen atoms in total. The smallest absolute Gasteiger partial charge is 0.122 e. The third-order valence-corrected chi connectivity index (χ3v) is 3.91. The highest BCUT2D eigenvalue weighted by atomic mass is 16.5. The van der Waals surface area contributed by atoms with Crippen LogP contribution in [0.1, 0.15) is 30.6 Å². The van der Waals surface area contributed by atoms with E-state index in [-0.39, 0.29) is 6.10 Å². The zero-order chi connectivity index (χ0) is 12.4. The number of hydrogen-bond donors (Lipinski definition) is 1. The van der Waals surface area contributed by atoms with Crippen LogP contribution in [-0.2, 0) is 11.2 Å².